The molecule has 18 heavy (non-hydrogen) atoms. The minimum absolute atomic E-state index is 0.113. The van der Waals surface area contributed by atoms with Crippen molar-refractivity contribution in [2.75, 3.05) is 13.2 Å². The first-order valence-electron chi connectivity index (χ1n) is 6.20. The molecule has 0 radical (unpaired) electrons. The Morgan fingerprint density at radius 1 is 1.50 bits per heavy atom. The largest absolute Gasteiger partial charge is 0.395 e. The van der Waals surface area contributed by atoms with Gasteiger partial charge in [0.05, 0.1) is 11.5 Å². The zero-order valence-corrected chi connectivity index (χ0v) is 10.5. The van der Waals surface area contributed by atoms with Crippen molar-refractivity contribution in [3.8, 4) is 0 Å². The van der Waals surface area contributed by atoms with Crippen molar-refractivity contribution in [3.05, 3.63) is 39.9 Å². The van der Waals surface area contributed by atoms with E-state index in [0.717, 1.165) is 18.5 Å². The van der Waals surface area contributed by atoms with Gasteiger partial charge in [0.25, 0.3) is 5.69 Å². The standard InChI is InChI=1S/C13H18N2O3/c1-10-6-7-14(13(10)9-16)8-11-4-2-3-5-12(11)15(17)18/h2-5,10,13,16H,6-9H2,1H3. The summed E-state index contributed by atoms with van der Waals surface area (Å²) < 4.78 is 0. The van der Waals surface area contributed by atoms with Gasteiger partial charge in [0.1, 0.15) is 0 Å². The van der Waals surface area contributed by atoms with Crippen molar-refractivity contribution in [2.45, 2.75) is 25.9 Å². The molecule has 5 nitrogen and oxygen atoms in total. The van der Waals surface area contributed by atoms with Gasteiger partial charge in [0, 0.05) is 24.2 Å². The molecule has 5 heteroatoms. The molecule has 0 aliphatic carbocycles. The number of nitrogens with zero attached hydrogens (tertiary/aromatic N) is 2. The van der Waals surface area contributed by atoms with E-state index in [-0.39, 0.29) is 23.3 Å². The lowest BCUT2D eigenvalue weighted by atomic mass is 10.0. The molecule has 2 rings (SSSR count). The molecule has 1 aliphatic heterocycles. The van der Waals surface area contributed by atoms with Crippen LogP contribution in [0.4, 0.5) is 5.69 Å². The average Bonchev–Trinajstić information content (AvgIpc) is 2.70. The van der Waals surface area contributed by atoms with E-state index in [2.05, 4.69) is 11.8 Å². The summed E-state index contributed by atoms with van der Waals surface area (Å²) in [6.45, 7) is 3.65. The predicted octanol–water partition coefficient (Wildman–Crippen LogP) is 1.80. The van der Waals surface area contributed by atoms with E-state index in [1.807, 2.05) is 6.07 Å². The predicted molar refractivity (Wildman–Crippen MR) is 68.2 cm³/mol. The Labute approximate surface area is 106 Å². The van der Waals surface area contributed by atoms with Crippen LogP contribution in [0, 0.1) is 16.0 Å². The van der Waals surface area contributed by atoms with Crippen molar-refractivity contribution in [1.82, 2.24) is 4.90 Å². The number of rotatable bonds is 4. The van der Waals surface area contributed by atoms with Crippen LogP contribution in [0.15, 0.2) is 24.3 Å². The third-order valence-corrected chi connectivity index (χ3v) is 3.75. The molecule has 0 aromatic heterocycles. The summed E-state index contributed by atoms with van der Waals surface area (Å²) in [6, 6.07) is 6.93. The Morgan fingerprint density at radius 2 is 2.22 bits per heavy atom. The zero-order chi connectivity index (χ0) is 13.1. The van der Waals surface area contributed by atoms with Crippen molar-refractivity contribution in [2.24, 2.45) is 5.92 Å². The fraction of sp³-hybridized carbons (Fsp3) is 0.538. The van der Waals surface area contributed by atoms with E-state index in [0.29, 0.717) is 12.5 Å². The van der Waals surface area contributed by atoms with Gasteiger partial charge in [-0.3, -0.25) is 15.0 Å². The number of hydrogen-bond acceptors (Lipinski definition) is 4. The fourth-order valence-corrected chi connectivity index (χ4v) is 2.62. The third-order valence-electron chi connectivity index (χ3n) is 3.75. The van der Waals surface area contributed by atoms with Gasteiger partial charge in [-0.25, -0.2) is 0 Å². The maximum atomic E-state index is 10.9. The van der Waals surface area contributed by atoms with Crippen LogP contribution < -0.4 is 0 Å². The zero-order valence-electron chi connectivity index (χ0n) is 10.5. The molecule has 0 bridgehead atoms. The Kier molecular flexibility index (Phi) is 3.93. The second-order valence-electron chi connectivity index (χ2n) is 4.87. The Morgan fingerprint density at radius 3 is 2.89 bits per heavy atom. The highest BCUT2D eigenvalue weighted by molar-refractivity contribution is 5.39. The first-order chi connectivity index (χ1) is 8.63. The Hall–Kier alpha value is -1.46. The molecule has 1 heterocycles. The van der Waals surface area contributed by atoms with Gasteiger partial charge in [-0.05, 0) is 18.9 Å². The van der Waals surface area contributed by atoms with Gasteiger partial charge < -0.3 is 5.11 Å². The molecule has 1 aromatic rings. The first-order valence-corrected chi connectivity index (χ1v) is 6.20. The van der Waals surface area contributed by atoms with Gasteiger partial charge >= 0.3 is 0 Å². The summed E-state index contributed by atoms with van der Waals surface area (Å²) in [5.74, 6) is 0.442. The fourth-order valence-electron chi connectivity index (χ4n) is 2.62. The van der Waals surface area contributed by atoms with Crippen LogP contribution in [0.5, 0.6) is 0 Å². The van der Waals surface area contributed by atoms with Gasteiger partial charge in [-0.1, -0.05) is 25.1 Å². The van der Waals surface area contributed by atoms with Gasteiger partial charge in [0.2, 0.25) is 0 Å². The molecule has 2 atom stereocenters. The lowest BCUT2D eigenvalue weighted by Gasteiger charge is -2.24. The molecule has 1 fully saturated rings. The van der Waals surface area contributed by atoms with E-state index >= 15 is 0 Å². The molecule has 98 valence electrons. The summed E-state index contributed by atoms with van der Waals surface area (Å²) in [6.07, 6.45) is 1.03. The molecule has 1 N–H and O–H groups in total. The monoisotopic (exact) mass is 250 g/mol. The van der Waals surface area contributed by atoms with E-state index in [9.17, 15) is 15.2 Å². The summed E-state index contributed by atoms with van der Waals surface area (Å²) in [4.78, 5) is 12.7. The van der Waals surface area contributed by atoms with Crippen molar-refractivity contribution < 1.29 is 10.0 Å². The van der Waals surface area contributed by atoms with Gasteiger partial charge in [0.15, 0.2) is 0 Å². The van der Waals surface area contributed by atoms with Gasteiger partial charge in [-0.2, -0.15) is 0 Å². The average molecular weight is 250 g/mol. The number of benzene rings is 1. The second-order valence-corrected chi connectivity index (χ2v) is 4.87. The van der Waals surface area contributed by atoms with Crippen LogP contribution in [0.3, 0.4) is 0 Å². The molecule has 1 saturated heterocycles. The molecular formula is C13H18N2O3. The maximum absolute atomic E-state index is 10.9. The van der Waals surface area contributed by atoms with Crippen LogP contribution in [-0.4, -0.2) is 34.1 Å². The van der Waals surface area contributed by atoms with Crippen LogP contribution in [0.1, 0.15) is 18.9 Å². The Balaban J connectivity index is 2.17. The van der Waals surface area contributed by atoms with Crippen LogP contribution in [0.2, 0.25) is 0 Å². The number of hydrogen-bond donors (Lipinski definition) is 1. The number of nitro benzene ring substituents is 1. The highest BCUT2D eigenvalue weighted by atomic mass is 16.6. The Bertz CT molecular complexity index is 436. The topological polar surface area (TPSA) is 66.6 Å². The second kappa shape index (κ2) is 5.46. The highest BCUT2D eigenvalue weighted by Gasteiger charge is 2.31. The van der Waals surface area contributed by atoms with Crippen molar-refractivity contribution >= 4 is 5.69 Å². The van der Waals surface area contributed by atoms with Gasteiger partial charge in [-0.15, -0.1) is 0 Å². The van der Waals surface area contributed by atoms with Crippen LogP contribution >= 0.6 is 0 Å². The first kappa shape index (κ1) is 13.0. The molecule has 0 saturated carbocycles. The van der Waals surface area contributed by atoms with Crippen LogP contribution in [-0.2, 0) is 6.54 Å². The third kappa shape index (κ3) is 2.52. The van der Waals surface area contributed by atoms with Crippen molar-refractivity contribution in [1.29, 1.82) is 0 Å². The van der Waals surface area contributed by atoms with E-state index < -0.39 is 0 Å². The quantitative estimate of drug-likeness (QED) is 0.653. The van der Waals surface area contributed by atoms with E-state index in [1.54, 1.807) is 12.1 Å². The summed E-state index contributed by atoms with van der Waals surface area (Å²) >= 11 is 0. The summed E-state index contributed by atoms with van der Waals surface area (Å²) in [5, 5.41) is 20.3. The summed E-state index contributed by atoms with van der Waals surface area (Å²) in [7, 11) is 0. The smallest absolute Gasteiger partial charge is 0.273 e. The molecule has 1 aliphatic rings. The maximum Gasteiger partial charge on any atom is 0.273 e. The number of nitro groups is 1. The number of para-hydroxylation sites is 1. The number of aliphatic hydroxyl groups excluding tert-OH is 1. The van der Waals surface area contributed by atoms with E-state index in [1.165, 1.54) is 6.07 Å². The molecule has 2 unspecified atom stereocenters. The lowest BCUT2D eigenvalue weighted by molar-refractivity contribution is -0.385. The highest BCUT2D eigenvalue weighted by Crippen LogP contribution is 2.27. The minimum Gasteiger partial charge on any atom is -0.395 e. The summed E-state index contributed by atoms with van der Waals surface area (Å²) in [5.41, 5.74) is 0.879. The SMILES string of the molecule is CC1CCN(Cc2ccccc2[N+](=O)[O-])C1CO. The van der Waals surface area contributed by atoms with E-state index in [4.69, 9.17) is 0 Å². The lowest BCUT2D eigenvalue weighted by Crippen LogP contribution is -2.34. The van der Waals surface area contributed by atoms with Crippen LogP contribution in [0.25, 0.3) is 0 Å². The molecule has 0 spiro atoms. The number of likely N-dealkylation sites (tertiary alicyclic amines) is 1. The molecular weight excluding hydrogens is 232 g/mol. The minimum atomic E-state index is -0.344. The molecule has 0 amide bonds. The normalized spacial score (nSPS) is 24.3. The molecule has 1 aromatic carbocycles. The van der Waals surface area contributed by atoms with Crippen molar-refractivity contribution in [3.63, 3.8) is 0 Å². The number of aliphatic hydroxyl groups is 1.